The van der Waals surface area contributed by atoms with Crippen molar-refractivity contribution < 1.29 is 0 Å². The Morgan fingerprint density at radius 3 is 3.00 bits per heavy atom. The molecule has 2 aromatic heterocycles. The zero-order valence-corrected chi connectivity index (χ0v) is 12.9. The Morgan fingerprint density at radius 2 is 2.21 bits per heavy atom. The normalized spacial score (nSPS) is 11.1. The van der Waals surface area contributed by atoms with Gasteiger partial charge in [0.1, 0.15) is 0 Å². The van der Waals surface area contributed by atoms with Crippen LogP contribution in [-0.2, 0) is 6.54 Å². The van der Waals surface area contributed by atoms with Crippen LogP contribution in [0.3, 0.4) is 0 Å². The van der Waals surface area contributed by atoms with Crippen LogP contribution in [0, 0.1) is 4.77 Å². The molecule has 0 bridgehead atoms. The van der Waals surface area contributed by atoms with E-state index < -0.39 is 0 Å². The van der Waals surface area contributed by atoms with Crippen molar-refractivity contribution in [1.29, 1.82) is 0 Å². The lowest BCUT2D eigenvalue weighted by Crippen LogP contribution is -2.00. The van der Waals surface area contributed by atoms with Gasteiger partial charge < -0.3 is 4.98 Å². The SMILES string of the molecule is S=c1[nH]c2cc(Cl)cnc2n1Cc1cccc(Br)c1. The van der Waals surface area contributed by atoms with Crippen LogP contribution in [0.4, 0.5) is 0 Å². The van der Waals surface area contributed by atoms with E-state index in [0.717, 1.165) is 21.2 Å². The molecule has 1 N–H and O–H groups in total. The predicted molar refractivity (Wildman–Crippen MR) is 83.2 cm³/mol. The zero-order chi connectivity index (χ0) is 13.4. The highest BCUT2D eigenvalue weighted by Crippen LogP contribution is 2.19. The van der Waals surface area contributed by atoms with E-state index in [1.807, 2.05) is 22.8 Å². The molecule has 0 aliphatic carbocycles. The lowest BCUT2D eigenvalue weighted by atomic mass is 10.2. The summed E-state index contributed by atoms with van der Waals surface area (Å²) < 4.78 is 3.65. The van der Waals surface area contributed by atoms with Gasteiger partial charge in [0.25, 0.3) is 0 Å². The third-order valence-corrected chi connectivity index (χ3v) is 3.83. The molecule has 6 heteroatoms. The Balaban J connectivity index is 2.10. The molecule has 3 aromatic rings. The number of halogens is 2. The number of imidazole rings is 1. The highest BCUT2D eigenvalue weighted by molar-refractivity contribution is 9.10. The maximum Gasteiger partial charge on any atom is 0.179 e. The quantitative estimate of drug-likeness (QED) is 0.685. The van der Waals surface area contributed by atoms with Gasteiger partial charge in [0.2, 0.25) is 0 Å². The van der Waals surface area contributed by atoms with Crippen molar-refractivity contribution >= 4 is 50.9 Å². The number of H-pyrrole nitrogens is 1. The van der Waals surface area contributed by atoms with E-state index in [1.54, 1.807) is 6.20 Å². The number of pyridine rings is 1. The van der Waals surface area contributed by atoms with E-state index in [9.17, 15) is 0 Å². The largest absolute Gasteiger partial charge is 0.329 e. The molecule has 0 atom stereocenters. The summed E-state index contributed by atoms with van der Waals surface area (Å²) in [6.07, 6.45) is 1.63. The molecular formula is C13H9BrClN3S. The summed E-state index contributed by atoms with van der Waals surface area (Å²) in [5.74, 6) is 0. The lowest BCUT2D eigenvalue weighted by Gasteiger charge is -2.04. The van der Waals surface area contributed by atoms with Gasteiger partial charge in [0, 0.05) is 10.7 Å². The minimum Gasteiger partial charge on any atom is -0.329 e. The second-order valence-electron chi connectivity index (χ2n) is 4.17. The summed E-state index contributed by atoms with van der Waals surface area (Å²) in [5, 5.41) is 0.596. The zero-order valence-electron chi connectivity index (χ0n) is 9.73. The molecule has 0 fully saturated rings. The smallest absolute Gasteiger partial charge is 0.179 e. The van der Waals surface area contributed by atoms with Gasteiger partial charge in [-0.2, -0.15) is 0 Å². The summed E-state index contributed by atoms with van der Waals surface area (Å²) in [7, 11) is 0. The van der Waals surface area contributed by atoms with Crippen molar-refractivity contribution in [3.8, 4) is 0 Å². The first-order valence-corrected chi connectivity index (χ1v) is 7.20. The molecule has 0 saturated carbocycles. The molecule has 0 radical (unpaired) electrons. The number of nitrogens with one attached hydrogen (secondary N) is 1. The number of benzene rings is 1. The number of hydrogen-bond donors (Lipinski definition) is 1. The lowest BCUT2D eigenvalue weighted by molar-refractivity contribution is 0.800. The van der Waals surface area contributed by atoms with Crippen LogP contribution in [0.2, 0.25) is 5.02 Å². The summed E-state index contributed by atoms with van der Waals surface area (Å²) >= 11 is 14.7. The molecular weight excluding hydrogens is 346 g/mol. The number of rotatable bonds is 2. The van der Waals surface area contributed by atoms with Crippen LogP contribution < -0.4 is 0 Å². The van der Waals surface area contributed by atoms with Crippen LogP contribution >= 0.6 is 39.7 Å². The molecule has 19 heavy (non-hydrogen) atoms. The van der Waals surface area contributed by atoms with Crippen LogP contribution in [0.1, 0.15) is 5.56 Å². The van der Waals surface area contributed by atoms with E-state index in [-0.39, 0.29) is 0 Å². The van der Waals surface area contributed by atoms with Crippen molar-refractivity contribution in [3.05, 3.63) is 56.4 Å². The second-order valence-corrected chi connectivity index (χ2v) is 5.91. The summed E-state index contributed by atoms with van der Waals surface area (Å²) in [4.78, 5) is 7.46. The van der Waals surface area contributed by atoms with Gasteiger partial charge in [-0.25, -0.2) is 4.98 Å². The molecule has 0 amide bonds. The molecule has 0 spiro atoms. The van der Waals surface area contributed by atoms with Crippen molar-refractivity contribution in [2.75, 3.05) is 0 Å². The number of hydrogen-bond acceptors (Lipinski definition) is 2. The first-order valence-electron chi connectivity index (χ1n) is 5.62. The number of nitrogens with zero attached hydrogens (tertiary/aromatic N) is 2. The summed E-state index contributed by atoms with van der Waals surface area (Å²) in [5.41, 5.74) is 2.82. The Morgan fingerprint density at radius 1 is 1.37 bits per heavy atom. The molecule has 0 aliphatic heterocycles. The Labute approximate surface area is 128 Å². The number of aromatic nitrogens is 3. The van der Waals surface area contributed by atoms with Gasteiger partial charge in [0.15, 0.2) is 10.4 Å². The van der Waals surface area contributed by atoms with E-state index in [2.05, 4.69) is 38.0 Å². The van der Waals surface area contributed by atoms with Gasteiger partial charge >= 0.3 is 0 Å². The molecule has 0 saturated heterocycles. The van der Waals surface area contributed by atoms with Crippen LogP contribution in [0.15, 0.2) is 41.0 Å². The van der Waals surface area contributed by atoms with Gasteiger partial charge in [-0.05, 0) is 36.0 Å². The monoisotopic (exact) mass is 353 g/mol. The maximum absolute atomic E-state index is 5.93. The minimum absolute atomic E-state index is 0.596. The fourth-order valence-electron chi connectivity index (χ4n) is 1.98. The van der Waals surface area contributed by atoms with Gasteiger partial charge in [0.05, 0.1) is 17.1 Å². The average Bonchev–Trinajstić information content (AvgIpc) is 2.65. The van der Waals surface area contributed by atoms with E-state index >= 15 is 0 Å². The van der Waals surface area contributed by atoms with Crippen LogP contribution in [0.5, 0.6) is 0 Å². The third kappa shape index (κ3) is 2.59. The second kappa shape index (κ2) is 5.07. The minimum atomic E-state index is 0.596. The fraction of sp³-hybridized carbons (Fsp3) is 0.0769. The Kier molecular flexibility index (Phi) is 3.43. The Hall–Kier alpha value is -1.17. The topological polar surface area (TPSA) is 33.6 Å². The van der Waals surface area contributed by atoms with Crippen LogP contribution in [0.25, 0.3) is 11.2 Å². The maximum atomic E-state index is 5.93. The van der Waals surface area contributed by atoms with Gasteiger partial charge in [-0.3, -0.25) is 4.57 Å². The van der Waals surface area contributed by atoms with E-state index in [1.165, 1.54) is 0 Å². The van der Waals surface area contributed by atoms with E-state index in [4.69, 9.17) is 23.8 Å². The molecule has 0 aliphatic rings. The molecule has 0 unspecified atom stereocenters. The highest BCUT2D eigenvalue weighted by Gasteiger charge is 2.07. The molecule has 3 rings (SSSR count). The van der Waals surface area contributed by atoms with Crippen molar-refractivity contribution in [3.63, 3.8) is 0 Å². The predicted octanol–water partition coefficient (Wildman–Crippen LogP) is 4.56. The van der Waals surface area contributed by atoms with Crippen molar-refractivity contribution in [2.45, 2.75) is 6.54 Å². The standard InChI is InChI=1S/C13H9BrClN3S/c14-9-3-1-2-8(4-9)7-18-12-11(17-13(18)19)5-10(15)6-16-12/h1-6H,7H2,(H,17,19). The average molecular weight is 355 g/mol. The summed E-state index contributed by atoms with van der Waals surface area (Å²) in [6, 6.07) is 9.95. The van der Waals surface area contributed by atoms with E-state index in [0.29, 0.717) is 16.3 Å². The van der Waals surface area contributed by atoms with Crippen molar-refractivity contribution in [1.82, 2.24) is 14.5 Å². The molecule has 1 aromatic carbocycles. The third-order valence-electron chi connectivity index (χ3n) is 2.81. The first kappa shape index (κ1) is 12.8. The number of fused-ring (bicyclic) bond motifs is 1. The van der Waals surface area contributed by atoms with Gasteiger partial charge in [-0.1, -0.05) is 39.7 Å². The summed E-state index contributed by atoms with van der Waals surface area (Å²) in [6.45, 7) is 0.674. The molecule has 96 valence electrons. The molecule has 3 nitrogen and oxygen atoms in total. The Bertz CT molecular complexity index is 809. The first-order chi connectivity index (χ1) is 9.13. The molecule has 2 heterocycles. The van der Waals surface area contributed by atoms with Crippen molar-refractivity contribution in [2.24, 2.45) is 0 Å². The highest BCUT2D eigenvalue weighted by atomic mass is 79.9. The number of aromatic amines is 1. The van der Waals surface area contributed by atoms with Gasteiger partial charge in [-0.15, -0.1) is 0 Å². The van der Waals surface area contributed by atoms with Crippen LogP contribution in [-0.4, -0.2) is 14.5 Å². The fourth-order valence-corrected chi connectivity index (χ4v) is 2.85.